The second-order valence-corrected chi connectivity index (χ2v) is 3.75. The van der Waals surface area contributed by atoms with Crippen LogP contribution in [0.4, 0.5) is 0 Å². The van der Waals surface area contributed by atoms with Gasteiger partial charge in [-0.15, -0.1) is 0 Å². The van der Waals surface area contributed by atoms with Crippen molar-refractivity contribution in [2.75, 3.05) is 6.54 Å². The topological polar surface area (TPSA) is 50.1 Å². The minimum Gasteiger partial charge on any atom is -0.295 e. The molecule has 1 aromatic carbocycles. The number of aromatic nitrogens is 2. The molecule has 0 aliphatic rings. The Morgan fingerprint density at radius 2 is 2.06 bits per heavy atom. The minimum absolute atomic E-state index is 0.0640. The van der Waals surface area contributed by atoms with E-state index in [1.165, 1.54) is 4.68 Å². The lowest BCUT2D eigenvalue weighted by molar-refractivity contribution is 0.835. The van der Waals surface area contributed by atoms with Gasteiger partial charge in [-0.1, -0.05) is 18.2 Å². The van der Waals surface area contributed by atoms with Crippen LogP contribution in [0.25, 0.3) is 5.69 Å². The highest BCUT2D eigenvalue weighted by molar-refractivity contribution is 5.80. The quantitative estimate of drug-likeness (QED) is 0.803. The van der Waals surface area contributed by atoms with Crippen molar-refractivity contribution in [3.63, 3.8) is 0 Å². The van der Waals surface area contributed by atoms with Gasteiger partial charge in [0.2, 0.25) is 0 Å². The first-order valence-electron chi connectivity index (χ1n) is 5.61. The Morgan fingerprint density at radius 1 is 1.35 bits per heavy atom. The van der Waals surface area contributed by atoms with Gasteiger partial charge >= 0.3 is 0 Å². The summed E-state index contributed by atoms with van der Waals surface area (Å²) >= 11 is 0. The molecule has 88 valence electrons. The highest BCUT2D eigenvalue weighted by Gasteiger charge is 2.09. The standard InChI is InChI=1S/C13H15N3O/c1-3-14-9-12-10(2)15-16(13(12)17)11-7-5-4-6-8-11/h4-9,15H,3H2,1-2H3. The maximum Gasteiger partial charge on any atom is 0.280 e. The lowest BCUT2D eigenvalue weighted by Gasteiger charge is -1.99. The van der Waals surface area contributed by atoms with Crippen molar-refractivity contribution in [1.82, 2.24) is 9.78 Å². The number of rotatable bonds is 3. The molecule has 0 saturated carbocycles. The van der Waals surface area contributed by atoms with E-state index in [1.54, 1.807) is 6.21 Å². The summed E-state index contributed by atoms with van der Waals surface area (Å²) < 4.78 is 1.53. The van der Waals surface area contributed by atoms with Crippen LogP contribution in [-0.4, -0.2) is 22.5 Å². The van der Waals surface area contributed by atoms with Crippen molar-refractivity contribution in [2.45, 2.75) is 13.8 Å². The van der Waals surface area contributed by atoms with Crippen LogP contribution in [0.2, 0.25) is 0 Å². The van der Waals surface area contributed by atoms with Gasteiger partial charge in [-0.2, -0.15) is 0 Å². The van der Waals surface area contributed by atoms with E-state index in [0.717, 1.165) is 11.4 Å². The van der Waals surface area contributed by atoms with Crippen LogP contribution in [0, 0.1) is 6.92 Å². The van der Waals surface area contributed by atoms with Crippen molar-refractivity contribution < 1.29 is 0 Å². The highest BCUT2D eigenvalue weighted by Crippen LogP contribution is 2.05. The highest BCUT2D eigenvalue weighted by atomic mass is 16.1. The lowest BCUT2D eigenvalue weighted by Crippen LogP contribution is -2.17. The molecule has 0 amide bonds. The van der Waals surface area contributed by atoms with E-state index in [2.05, 4.69) is 10.1 Å². The van der Waals surface area contributed by atoms with Crippen molar-refractivity contribution in [3.8, 4) is 5.69 Å². The van der Waals surface area contributed by atoms with Gasteiger partial charge in [0.25, 0.3) is 5.56 Å². The summed E-state index contributed by atoms with van der Waals surface area (Å²) in [6.45, 7) is 4.49. The van der Waals surface area contributed by atoms with E-state index in [9.17, 15) is 4.79 Å². The van der Waals surface area contributed by atoms with Crippen LogP contribution in [-0.2, 0) is 0 Å². The number of aromatic amines is 1. The third-order valence-corrected chi connectivity index (χ3v) is 2.53. The zero-order valence-electron chi connectivity index (χ0n) is 9.97. The molecular weight excluding hydrogens is 214 g/mol. The summed E-state index contributed by atoms with van der Waals surface area (Å²) in [5.74, 6) is 0. The maximum atomic E-state index is 12.1. The molecule has 0 bridgehead atoms. The molecular formula is C13H15N3O. The molecule has 4 nitrogen and oxygen atoms in total. The zero-order chi connectivity index (χ0) is 12.3. The predicted molar refractivity (Wildman–Crippen MR) is 69.3 cm³/mol. The number of hydrogen-bond donors (Lipinski definition) is 1. The van der Waals surface area contributed by atoms with E-state index < -0.39 is 0 Å². The molecule has 4 heteroatoms. The Morgan fingerprint density at radius 3 is 2.71 bits per heavy atom. The van der Waals surface area contributed by atoms with Crippen molar-refractivity contribution >= 4 is 6.21 Å². The van der Waals surface area contributed by atoms with Crippen molar-refractivity contribution in [3.05, 3.63) is 51.9 Å². The molecule has 0 radical (unpaired) electrons. The summed E-state index contributed by atoms with van der Waals surface area (Å²) in [5.41, 5.74) is 2.22. The number of benzene rings is 1. The lowest BCUT2D eigenvalue weighted by atomic mass is 10.3. The normalized spacial score (nSPS) is 11.2. The second kappa shape index (κ2) is 4.82. The average Bonchev–Trinajstić information content (AvgIpc) is 2.64. The molecule has 0 saturated heterocycles. The number of aryl methyl sites for hydroxylation is 1. The number of hydrogen-bond acceptors (Lipinski definition) is 2. The van der Waals surface area contributed by atoms with Crippen LogP contribution in [0.3, 0.4) is 0 Å². The van der Waals surface area contributed by atoms with Gasteiger partial charge in [0.1, 0.15) is 0 Å². The molecule has 1 aromatic heterocycles. The summed E-state index contributed by atoms with van der Waals surface area (Å²) in [4.78, 5) is 16.2. The molecule has 0 aliphatic heterocycles. The molecule has 17 heavy (non-hydrogen) atoms. The summed E-state index contributed by atoms with van der Waals surface area (Å²) in [7, 11) is 0. The zero-order valence-corrected chi connectivity index (χ0v) is 9.97. The first kappa shape index (κ1) is 11.4. The van der Waals surface area contributed by atoms with Crippen molar-refractivity contribution in [1.29, 1.82) is 0 Å². The van der Waals surface area contributed by atoms with Gasteiger partial charge in [-0.05, 0) is 26.0 Å². The minimum atomic E-state index is -0.0640. The number of nitrogens with zero attached hydrogens (tertiary/aromatic N) is 2. The summed E-state index contributed by atoms with van der Waals surface area (Å²) in [6.07, 6.45) is 1.63. The van der Waals surface area contributed by atoms with Gasteiger partial charge in [0.15, 0.2) is 0 Å². The first-order valence-corrected chi connectivity index (χ1v) is 5.61. The fraction of sp³-hybridized carbons (Fsp3) is 0.231. The molecule has 0 fully saturated rings. The molecule has 0 unspecified atom stereocenters. The SMILES string of the molecule is CCN=Cc1c(C)[nH]n(-c2ccccc2)c1=O. The first-order chi connectivity index (χ1) is 8.24. The van der Waals surface area contributed by atoms with E-state index in [4.69, 9.17) is 0 Å². The van der Waals surface area contributed by atoms with E-state index >= 15 is 0 Å². The van der Waals surface area contributed by atoms with Crippen LogP contribution in [0.1, 0.15) is 18.2 Å². The Labute approximate surface area is 99.6 Å². The van der Waals surface area contributed by atoms with Gasteiger partial charge in [0, 0.05) is 18.5 Å². The molecule has 1 heterocycles. The molecule has 2 rings (SSSR count). The van der Waals surface area contributed by atoms with Crippen LogP contribution >= 0.6 is 0 Å². The average molecular weight is 229 g/mol. The number of H-pyrrole nitrogens is 1. The Bertz CT molecular complexity index is 578. The van der Waals surface area contributed by atoms with Gasteiger partial charge < -0.3 is 0 Å². The van der Waals surface area contributed by atoms with Gasteiger partial charge in [0.05, 0.1) is 11.3 Å². The molecule has 2 aromatic rings. The number of aliphatic imine (C=N–C) groups is 1. The largest absolute Gasteiger partial charge is 0.295 e. The molecule has 0 aliphatic carbocycles. The van der Waals surface area contributed by atoms with Gasteiger partial charge in [-0.25, -0.2) is 4.68 Å². The van der Waals surface area contributed by atoms with Crippen molar-refractivity contribution in [2.24, 2.45) is 4.99 Å². The van der Waals surface area contributed by atoms with Crippen LogP contribution in [0.5, 0.6) is 0 Å². The third-order valence-electron chi connectivity index (χ3n) is 2.53. The Hall–Kier alpha value is -2.10. The Kier molecular flexibility index (Phi) is 3.23. The van der Waals surface area contributed by atoms with Crippen LogP contribution < -0.4 is 5.56 Å². The fourth-order valence-electron chi connectivity index (χ4n) is 1.65. The smallest absolute Gasteiger partial charge is 0.280 e. The summed E-state index contributed by atoms with van der Waals surface area (Å²) in [5, 5.41) is 3.05. The number of para-hydroxylation sites is 1. The summed E-state index contributed by atoms with van der Waals surface area (Å²) in [6, 6.07) is 9.50. The van der Waals surface area contributed by atoms with Crippen LogP contribution in [0.15, 0.2) is 40.1 Å². The van der Waals surface area contributed by atoms with Gasteiger partial charge in [-0.3, -0.25) is 14.9 Å². The van der Waals surface area contributed by atoms with E-state index in [0.29, 0.717) is 12.1 Å². The fourth-order valence-corrected chi connectivity index (χ4v) is 1.65. The third kappa shape index (κ3) is 2.20. The molecule has 1 N–H and O–H groups in total. The van der Waals surface area contributed by atoms with E-state index in [1.807, 2.05) is 44.2 Å². The monoisotopic (exact) mass is 229 g/mol. The molecule has 0 spiro atoms. The molecule has 0 atom stereocenters. The Balaban J connectivity index is 2.52. The van der Waals surface area contributed by atoms with E-state index in [-0.39, 0.29) is 5.56 Å². The number of nitrogens with one attached hydrogen (secondary N) is 1. The predicted octanol–water partition coefficient (Wildman–Crippen LogP) is 1.91. The second-order valence-electron chi connectivity index (χ2n) is 3.75. The maximum absolute atomic E-state index is 12.1.